The molecule has 130 valence electrons. The molecule has 1 amide bonds. The Morgan fingerprint density at radius 2 is 2.42 bits per heavy atom. The van der Waals surface area contributed by atoms with E-state index in [2.05, 4.69) is 32.6 Å². The first-order chi connectivity index (χ1) is 11.7. The van der Waals surface area contributed by atoms with Crippen molar-refractivity contribution in [1.82, 2.24) is 19.9 Å². The van der Waals surface area contributed by atoms with Gasteiger partial charge in [0.25, 0.3) is 0 Å². The van der Waals surface area contributed by atoms with Gasteiger partial charge < -0.3 is 14.3 Å². The lowest BCUT2D eigenvalue weighted by Gasteiger charge is -2.27. The van der Waals surface area contributed by atoms with Crippen molar-refractivity contribution in [2.45, 2.75) is 45.7 Å². The second-order valence-electron chi connectivity index (χ2n) is 6.18. The Morgan fingerprint density at radius 3 is 3.08 bits per heavy atom. The van der Waals surface area contributed by atoms with Gasteiger partial charge in [-0.3, -0.25) is 4.79 Å². The van der Waals surface area contributed by atoms with E-state index in [0.717, 1.165) is 32.5 Å². The smallest absolute Gasteiger partial charge is 0.226 e. The molecule has 0 aliphatic carbocycles. The van der Waals surface area contributed by atoms with Crippen LogP contribution >= 0.6 is 11.3 Å². The molecule has 7 heteroatoms. The summed E-state index contributed by atoms with van der Waals surface area (Å²) in [4.78, 5) is 22.2. The fourth-order valence-electron chi connectivity index (χ4n) is 3.14. The molecule has 3 heterocycles. The van der Waals surface area contributed by atoms with Crippen molar-refractivity contribution in [1.29, 1.82) is 0 Å². The fraction of sp³-hybridized carbons (Fsp3) is 0.588. The van der Waals surface area contributed by atoms with Crippen LogP contribution in [0.3, 0.4) is 0 Å². The topological polar surface area (TPSA) is 62.5 Å². The summed E-state index contributed by atoms with van der Waals surface area (Å²) in [6, 6.07) is 4.51. The quantitative estimate of drug-likeness (QED) is 0.769. The summed E-state index contributed by atoms with van der Waals surface area (Å²) >= 11 is 1.81. The van der Waals surface area contributed by atoms with Crippen molar-refractivity contribution in [3.05, 3.63) is 34.1 Å². The average molecular weight is 348 g/mol. The van der Waals surface area contributed by atoms with Crippen molar-refractivity contribution in [2.24, 2.45) is 0 Å². The van der Waals surface area contributed by atoms with E-state index < -0.39 is 0 Å². The standard InChI is InChI=1S/C17H24N4O2S/c1-3-17-18-16(19-23-17)12-21(13(2)22)14-6-8-20(11-14)9-7-15-5-4-10-24-15/h4-5,10,14H,3,6-9,11-12H2,1-2H3/t14-/m1/s1. The molecule has 6 nitrogen and oxygen atoms in total. The first-order valence-corrected chi connectivity index (χ1v) is 9.37. The Hall–Kier alpha value is -1.73. The number of carbonyl (C=O) groups is 1. The number of rotatable bonds is 7. The zero-order valence-corrected chi connectivity index (χ0v) is 15.1. The number of likely N-dealkylation sites (tertiary alicyclic amines) is 1. The highest BCUT2D eigenvalue weighted by Gasteiger charge is 2.30. The number of hydrogen-bond donors (Lipinski definition) is 0. The lowest BCUT2D eigenvalue weighted by atomic mass is 10.2. The van der Waals surface area contributed by atoms with E-state index in [0.29, 0.717) is 24.7 Å². The normalized spacial score (nSPS) is 18.2. The third-order valence-corrected chi connectivity index (χ3v) is 5.41. The van der Waals surface area contributed by atoms with E-state index in [1.165, 1.54) is 4.88 Å². The molecule has 0 spiro atoms. The third-order valence-electron chi connectivity index (χ3n) is 4.47. The van der Waals surface area contributed by atoms with Crippen LogP contribution in [0.5, 0.6) is 0 Å². The Morgan fingerprint density at radius 1 is 1.54 bits per heavy atom. The average Bonchev–Trinajstić information content (AvgIpc) is 3.31. The molecule has 3 rings (SSSR count). The van der Waals surface area contributed by atoms with Crippen molar-refractivity contribution in [2.75, 3.05) is 19.6 Å². The monoisotopic (exact) mass is 348 g/mol. The molecule has 1 fully saturated rings. The van der Waals surface area contributed by atoms with Crippen molar-refractivity contribution < 1.29 is 9.32 Å². The van der Waals surface area contributed by atoms with Crippen LogP contribution in [0.2, 0.25) is 0 Å². The molecular weight excluding hydrogens is 324 g/mol. The largest absolute Gasteiger partial charge is 0.339 e. The van der Waals surface area contributed by atoms with Gasteiger partial charge in [-0.15, -0.1) is 11.3 Å². The van der Waals surface area contributed by atoms with Gasteiger partial charge >= 0.3 is 0 Å². The van der Waals surface area contributed by atoms with Gasteiger partial charge in [-0.1, -0.05) is 18.1 Å². The number of carbonyl (C=O) groups excluding carboxylic acids is 1. The first kappa shape index (κ1) is 17.1. The molecule has 0 saturated carbocycles. The van der Waals surface area contributed by atoms with E-state index in [4.69, 9.17) is 4.52 Å². The van der Waals surface area contributed by atoms with Crippen molar-refractivity contribution in [3.63, 3.8) is 0 Å². The summed E-state index contributed by atoms with van der Waals surface area (Å²) in [6.07, 6.45) is 2.80. The number of aryl methyl sites for hydroxylation is 1. The van der Waals surface area contributed by atoms with Crippen molar-refractivity contribution >= 4 is 17.2 Å². The van der Waals surface area contributed by atoms with E-state index in [1.54, 1.807) is 18.3 Å². The second-order valence-corrected chi connectivity index (χ2v) is 7.21. The molecule has 1 atom stereocenters. The molecular formula is C17H24N4O2S. The molecule has 0 aromatic carbocycles. The number of hydrogen-bond acceptors (Lipinski definition) is 6. The van der Waals surface area contributed by atoms with Gasteiger partial charge in [0.1, 0.15) is 0 Å². The Balaban J connectivity index is 1.55. The highest BCUT2D eigenvalue weighted by atomic mass is 32.1. The predicted molar refractivity (Wildman–Crippen MR) is 92.8 cm³/mol. The summed E-state index contributed by atoms with van der Waals surface area (Å²) in [5.74, 6) is 1.29. The molecule has 2 aromatic rings. The highest BCUT2D eigenvalue weighted by molar-refractivity contribution is 7.09. The summed E-state index contributed by atoms with van der Waals surface area (Å²) < 4.78 is 5.15. The Bertz CT molecular complexity index is 655. The molecule has 0 radical (unpaired) electrons. The molecule has 2 aromatic heterocycles. The van der Waals surface area contributed by atoms with E-state index in [1.807, 2.05) is 11.8 Å². The Kier molecular flexibility index (Phi) is 5.63. The third kappa shape index (κ3) is 4.21. The highest BCUT2D eigenvalue weighted by Crippen LogP contribution is 2.19. The van der Waals surface area contributed by atoms with E-state index in [-0.39, 0.29) is 11.9 Å². The van der Waals surface area contributed by atoms with Crippen LogP contribution in [0.25, 0.3) is 0 Å². The van der Waals surface area contributed by atoms with Gasteiger partial charge in [0, 0.05) is 43.9 Å². The number of aromatic nitrogens is 2. The maximum absolute atomic E-state index is 12.1. The molecule has 1 aliphatic heterocycles. The maximum Gasteiger partial charge on any atom is 0.226 e. The van der Waals surface area contributed by atoms with Gasteiger partial charge in [-0.05, 0) is 24.3 Å². The first-order valence-electron chi connectivity index (χ1n) is 8.49. The van der Waals surface area contributed by atoms with Gasteiger partial charge in [-0.2, -0.15) is 4.98 Å². The van der Waals surface area contributed by atoms with E-state index in [9.17, 15) is 4.79 Å². The number of thiophene rings is 1. The van der Waals surface area contributed by atoms with Gasteiger partial charge in [0.05, 0.1) is 6.54 Å². The zero-order valence-electron chi connectivity index (χ0n) is 14.3. The van der Waals surface area contributed by atoms with E-state index >= 15 is 0 Å². The molecule has 24 heavy (non-hydrogen) atoms. The minimum atomic E-state index is 0.0722. The summed E-state index contributed by atoms with van der Waals surface area (Å²) in [5.41, 5.74) is 0. The number of nitrogens with zero attached hydrogens (tertiary/aromatic N) is 4. The SMILES string of the molecule is CCc1nc(CN(C(C)=O)[C@@H]2CCN(CCc3cccs3)C2)no1. The van der Waals surface area contributed by atoms with Gasteiger partial charge in [-0.25, -0.2) is 0 Å². The van der Waals surface area contributed by atoms with Crippen LogP contribution in [-0.2, 0) is 24.2 Å². The minimum Gasteiger partial charge on any atom is -0.339 e. The Labute approximate surface area is 146 Å². The second kappa shape index (κ2) is 7.90. The van der Waals surface area contributed by atoms with Crippen LogP contribution in [-0.4, -0.2) is 51.5 Å². The van der Waals surface area contributed by atoms with Gasteiger partial charge in [0.2, 0.25) is 11.8 Å². The minimum absolute atomic E-state index is 0.0722. The van der Waals surface area contributed by atoms with Crippen molar-refractivity contribution in [3.8, 4) is 0 Å². The van der Waals surface area contributed by atoms with Crippen LogP contribution in [0.1, 0.15) is 36.9 Å². The molecule has 0 bridgehead atoms. The summed E-state index contributed by atoms with van der Waals surface area (Å²) in [6.45, 7) is 7.03. The summed E-state index contributed by atoms with van der Waals surface area (Å²) in [7, 11) is 0. The molecule has 0 N–H and O–H groups in total. The predicted octanol–water partition coefficient (Wildman–Crippen LogP) is 2.36. The molecule has 1 saturated heterocycles. The van der Waals surface area contributed by atoms with Gasteiger partial charge in [0.15, 0.2) is 5.82 Å². The number of amides is 1. The fourth-order valence-corrected chi connectivity index (χ4v) is 3.84. The lowest BCUT2D eigenvalue weighted by Crippen LogP contribution is -2.40. The molecule has 1 aliphatic rings. The van der Waals surface area contributed by atoms with Crippen LogP contribution in [0, 0.1) is 0 Å². The maximum atomic E-state index is 12.1. The lowest BCUT2D eigenvalue weighted by molar-refractivity contribution is -0.131. The van der Waals surface area contributed by atoms with Crippen LogP contribution in [0.15, 0.2) is 22.0 Å². The zero-order chi connectivity index (χ0) is 16.9. The van der Waals surface area contributed by atoms with Crippen LogP contribution in [0.4, 0.5) is 0 Å². The molecule has 0 unspecified atom stereocenters. The van der Waals surface area contributed by atoms with Crippen LogP contribution < -0.4 is 0 Å². The summed E-state index contributed by atoms with van der Waals surface area (Å²) in [5, 5.41) is 6.10.